The van der Waals surface area contributed by atoms with Crippen molar-refractivity contribution in [3.8, 4) is 0 Å². The predicted molar refractivity (Wildman–Crippen MR) is 51.0 cm³/mol. The summed E-state index contributed by atoms with van der Waals surface area (Å²) in [7, 11) is 0. The van der Waals surface area contributed by atoms with Crippen molar-refractivity contribution in [1.29, 1.82) is 0 Å². The quantitative estimate of drug-likeness (QED) is 0.687. The highest BCUT2D eigenvalue weighted by molar-refractivity contribution is 4.98. The van der Waals surface area contributed by atoms with Crippen LogP contribution in [-0.2, 0) is 4.74 Å². The van der Waals surface area contributed by atoms with Gasteiger partial charge in [-0.05, 0) is 19.3 Å². The van der Waals surface area contributed by atoms with E-state index in [1.807, 2.05) is 0 Å². The lowest BCUT2D eigenvalue weighted by Gasteiger charge is -2.35. The van der Waals surface area contributed by atoms with Gasteiger partial charge in [-0.25, -0.2) is 0 Å². The average Bonchev–Trinajstić information content (AvgIpc) is 2.31. The average molecular weight is 171 g/mol. The minimum atomic E-state index is 0.211. The van der Waals surface area contributed by atoms with Crippen LogP contribution in [0.15, 0.2) is 0 Å². The molecule has 0 aromatic carbocycles. The van der Waals surface area contributed by atoms with Crippen LogP contribution in [0.5, 0.6) is 0 Å². The zero-order valence-electron chi connectivity index (χ0n) is 8.63. The molecule has 1 aliphatic heterocycles. The number of hydrogen-bond acceptors (Lipinski definition) is 2. The molecule has 1 rings (SSSR count). The molecule has 72 valence electrons. The van der Waals surface area contributed by atoms with Crippen molar-refractivity contribution >= 4 is 0 Å². The maximum Gasteiger partial charge on any atom is 0.0704 e. The van der Waals surface area contributed by atoms with Crippen molar-refractivity contribution in [3.05, 3.63) is 0 Å². The summed E-state index contributed by atoms with van der Waals surface area (Å²) in [6.07, 6.45) is 1.35. The highest BCUT2D eigenvalue weighted by Crippen LogP contribution is 2.41. The van der Waals surface area contributed by atoms with Gasteiger partial charge < -0.3 is 10.5 Å². The third-order valence-electron chi connectivity index (χ3n) is 3.59. The van der Waals surface area contributed by atoms with Crippen molar-refractivity contribution in [2.75, 3.05) is 6.61 Å². The van der Waals surface area contributed by atoms with Crippen LogP contribution in [0, 0.1) is 11.3 Å². The van der Waals surface area contributed by atoms with E-state index in [1.165, 1.54) is 0 Å². The molecule has 0 radical (unpaired) electrons. The second-order valence-corrected chi connectivity index (χ2v) is 4.28. The Kier molecular flexibility index (Phi) is 2.79. The fourth-order valence-corrected chi connectivity index (χ4v) is 2.25. The number of ether oxygens (including phenoxy) is 1. The van der Waals surface area contributed by atoms with Crippen LogP contribution in [0.25, 0.3) is 0 Å². The molecule has 3 atom stereocenters. The molecule has 12 heavy (non-hydrogen) atoms. The summed E-state index contributed by atoms with van der Waals surface area (Å²) in [4.78, 5) is 0. The van der Waals surface area contributed by atoms with E-state index >= 15 is 0 Å². The largest absolute Gasteiger partial charge is 0.376 e. The maximum atomic E-state index is 6.14. The fraction of sp³-hybridized carbons (Fsp3) is 1.00. The second kappa shape index (κ2) is 3.35. The molecule has 2 nitrogen and oxygen atoms in total. The molecule has 0 saturated carbocycles. The Hall–Kier alpha value is -0.0800. The third kappa shape index (κ3) is 1.27. The van der Waals surface area contributed by atoms with Crippen LogP contribution in [-0.4, -0.2) is 18.8 Å². The maximum absolute atomic E-state index is 6.14. The lowest BCUT2D eigenvalue weighted by atomic mass is 9.70. The molecule has 0 bridgehead atoms. The van der Waals surface area contributed by atoms with Gasteiger partial charge in [0.1, 0.15) is 0 Å². The second-order valence-electron chi connectivity index (χ2n) is 4.28. The van der Waals surface area contributed by atoms with Crippen molar-refractivity contribution in [2.24, 2.45) is 17.1 Å². The highest BCUT2D eigenvalue weighted by atomic mass is 16.5. The van der Waals surface area contributed by atoms with Crippen molar-refractivity contribution < 1.29 is 4.74 Å². The number of hydrogen-bond donors (Lipinski definition) is 1. The summed E-state index contributed by atoms with van der Waals surface area (Å²) in [5.41, 5.74) is 6.37. The molecular formula is C10H21NO. The van der Waals surface area contributed by atoms with Gasteiger partial charge in [0.2, 0.25) is 0 Å². The van der Waals surface area contributed by atoms with E-state index in [4.69, 9.17) is 10.5 Å². The van der Waals surface area contributed by atoms with Gasteiger partial charge in [-0.15, -0.1) is 0 Å². The molecule has 0 amide bonds. The van der Waals surface area contributed by atoms with E-state index in [0.717, 1.165) is 13.0 Å². The Morgan fingerprint density at radius 2 is 2.17 bits per heavy atom. The summed E-state index contributed by atoms with van der Waals surface area (Å²) in [5, 5.41) is 0. The van der Waals surface area contributed by atoms with E-state index in [-0.39, 0.29) is 17.6 Å². The number of rotatable bonds is 2. The van der Waals surface area contributed by atoms with Crippen LogP contribution in [0.2, 0.25) is 0 Å². The van der Waals surface area contributed by atoms with Gasteiger partial charge in [0, 0.05) is 11.5 Å². The van der Waals surface area contributed by atoms with E-state index in [2.05, 4.69) is 27.7 Å². The Labute approximate surface area is 75.5 Å². The van der Waals surface area contributed by atoms with Gasteiger partial charge in [0.05, 0.1) is 12.7 Å². The summed E-state index contributed by atoms with van der Waals surface area (Å²) in [6, 6.07) is 0.211. The zero-order chi connectivity index (χ0) is 9.35. The van der Waals surface area contributed by atoms with Crippen LogP contribution >= 0.6 is 0 Å². The molecule has 1 aliphatic rings. The third-order valence-corrected chi connectivity index (χ3v) is 3.59. The Morgan fingerprint density at radius 1 is 1.58 bits per heavy atom. The summed E-state index contributed by atoms with van der Waals surface area (Å²) >= 11 is 0. The normalized spacial score (nSPS) is 42.5. The first-order valence-corrected chi connectivity index (χ1v) is 4.91. The van der Waals surface area contributed by atoms with Crippen molar-refractivity contribution in [1.82, 2.24) is 0 Å². The Balaban J connectivity index is 2.80. The molecule has 1 heterocycles. The molecule has 1 saturated heterocycles. The van der Waals surface area contributed by atoms with Gasteiger partial charge >= 0.3 is 0 Å². The van der Waals surface area contributed by atoms with Crippen molar-refractivity contribution in [3.63, 3.8) is 0 Å². The van der Waals surface area contributed by atoms with Crippen LogP contribution in [0.1, 0.15) is 34.1 Å². The van der Waals surface area contributed by atoms with E-state index in [0.29, 0.717) is 5.92 Å². The molecule has 0 aromatic heterocycles. The summed E-state index contributed by atoms with van der Waals surface area (Å²) in [5.74, 6) is 0.613. The lowest BCUT2D eigenvalue weighted by Crippen LogP contribution is -2.46. The zero-order valence-corrected chi connectivity index (χ0v) is 8.63. The molecule has 0 aromatic rings. The summed E-state index contributed by atoms with van der Waals surface area (Å²) < 4.78 is 5.61. The number of nitrogens with two attached hydrogens (primary N) is 1. The predicted octanol–water partition coefficient (Wildman–Crippen LogP) is 1.78. The lowest BCUT2D eigenvalue weighted by molar-refractivity contribution is 0.0884. The molecule has 1 fully saturated rings. The van der Waals surface area contributed by atoms with Crippen LogP contribution in [0.3, 0.4) is 0 Å². The van der Waals surface area contributed by atoms with Crippen LogP contribution < -0.4 is 5.73 Å². The molecule has 0 spiro atoms. The molecule has 2 heteroatoms. The van der Waals surface area contributed by atoms with Gasteiger partial charge in [0.25, 0.3) is 0 Å². The Bertz CT molecular complexity index is 158. The van der Waals surface area contributed by atoms with E-state index < -0.39 is 0 Å². The molecule has 2 N–H and O–H groups in total. The minimum Gasteiger partial charge on any atom is -0.376 e. The first-order chi connectivity index (χ1) is 5.54. The fourth-order valence-electron chi connectivity index (χ4n) is 2.25. The first kappa shape index (κ1) is 10.0. The van der Waals surface area contributed by atoms with Gasteiger partial charge in [-0.3, -0.25) is 0 Å². The van der Waals surface area contributed by atoms with Gasteiger partial charge in [-0.2, -0.15) is 0 Å². The molecular weight excluding hydrogens is 150 g/mol. The highest BCUT2D eigenvalue weighted by Gasteiger charge is 2.46. The van der Waals surface area contributed by atoms with E-state index in [9.17, 15) is 0 Å². The standard InChI is InChI=1S/C10H21NO/c1-5-10(7(2)3)6-12-8(4)9(10)11/h7-9H,5-6,11H2,1-4H3/t8-,9+,10?/m0/s1. The van der Waals surface area contributed by atoms with Gasteiger partial charge in [0.15, 0.2) is 0 Å². The van der Waals surface area contributed by atoms with Gasteiger partial charge in [-0.1, -0.05) is 20.8 Å². The minimum absolute atomic E-state index is 0.211. The SMILES string of the molecule is CCC1(C(C)C)CO[C@@H](C)[C@H]1N. The molecule has 0 aliphatic carbocycles. The topological polar surface area (TPSA) is 35.2 Å². The van der Waals surface area contributed by atoms with Crippen molar-refractivity contribution in [2.45, 2.75) is 46.3 Å². The van der Waals surface area contributed by atoms with Crippen LogP contribution in [0.4, 0.5) is 0 Å². The summed E-state index contributed by atoms with van der Waals surface area (Å²) in [6.45, 7) is 9.60. The van der Waals surface area contributed by atoms with E-state index in [1.54, 1.807) is 0 Å². The smallest absolute Gasteiger partial charge is 0.0704 e. The first-order valence-electron chi connectivity index (χ1n) is 4.91. The Morgan fingerprint density at radius 3 is 2.33 bits per heavy atom. The monoisotopic (exact) mass is 171 g/mol. The molecule has 1 unspecified atom stereocenters.